The highest BCUT2D eigenvalue weighted by Crippen LogP contribution is 2.19. The molecular weight excluding hydrogens is 260 g/mol. The Morgan fingerprint density at radius 2 is 2.26 bits per heavy atom. The van der Waals surface area contributed by atoms with Crippen LogP contribution in [0.2, 0.25) is 5.02 Å². The third kappa shape index (κ3) is 3.69. The number of piperidine rings is 1. The Morgan fingerprint density at radius 3 is 2.89 bits per heavy atom. The van der Waals surface area contributed by atoms with Gasteiger partial charge in [0.05, 0.1) is 5.02 Å². The molecule has 0 unspecified atom stereocenters. The molecular formula is C14H17ClN4. The molecule has 0 amide bonds. The largest absolute Gasteiger partial charge is 0.367 e. The van der Waals surface area contributed by atoms with Gasteiger partial charge in [-0.1, -0.05) is 17.7 Å². The van der Waals surface area contributed by atoms with E-state index in [1.807, 2.05) is 18.2 Å². The molecule has 0 aromatic carbocycles. The number of likely N-dealkylation sites (tertiary alicyclic amines) is 1. The number of pyridine rings is 1. The van der Waals surface area contributed by atoms with Crippen LogP contribution in [0.3, 0.4) is 0 Å². The number of halogens is 1. The Bertz CT molecular complexity index is 487. The van der Waals surface area contributed by atoms with Crippen LogP contribution in [0.15, 0.2) is 24.8 Å². The molecule has 4 nitrogen and oxygen atoms in total. The van der Waals surface area contributed by atoms with Crippen molar-refractivity contribution >= 4 is 17.4 Å². The van der Waals surface area contributed by atoms with Gasteiger partial charge < -0.3 is 5.32 Å². The highest BCUT2D eigenvalue weighted by Gasteiger charge is 2.18. The van der Waals surface area contributed by atoms with Crippen molar-refractivity contribution in [3.05, 3.63) is 35.5 Å². The zero-order valence-electron chi connectivity index (χ0n) is 10.8. The third-order valence-corrected chi connectivity index (χ3v) is 3.58. The van der Waals surface area contributed by atoms with E-state index in [4.69, 9.17) is 16.9 Å². The maximum Gasteiger partial charge on any atom is 0.161 e. The van der Waals surface area contributed by atoms with E-state index >= 15 is 0 Å². The summed E-state index contributed by atoms with van der Waals surface area (Å²) in [5, 5.41) is 12.7. The van der Waals surface area contributed by atoms with Crippen molar-refractivity contribution in [1.29, 1.82) is 5.26 Å². The summed E-state index contributed by atoms with van der Waals surface area (Å²) >= 11 is 5.86. The molecule has 1 saturated heterocycles. The molecule has 0 spiro atoms. The minimum atomic E-state index is 0.274. The second kappa shape index (κ2) is 6.55. The van der Waals surface area contributed by atoms with E-state index in [1.54, 1.807) is 6.07 Å². The number of aromatic nitrogens is 1. The fourth-order valence-electron chi connectivity index (χ4n) is 2.25. The van der Waals surface area contributed by atoms with E-state index in [2.05, 4.69) is 21.8 Å². The second-order valence-corrected chi connectivity index (χ2v) is 5.05. The summed E-state index contributed by atoms with van der Waals surface area (Å²) in [7, 11) is 0. The zero-order chi connectivity index (χ0) is 13.7. The molecule has 0 aliphatic carbocycles. The summed E-state index contributed by atoms with van der Waals surface area (Å²) in [6.07, 6.45) is 4.08. The van der Waals surface area contributed by atoms with Gasteiger partial charge in [0.1, 0.15) is 11.9 Å². The van der Waals surface area contributed by atoms with E-state index in [-0.39, 0.29) is 5.69 Å². The van der Waals surface area contributed by atoms with Crippen molar-refractivity contribution in [3.63, 3.8) is 0 Å². The van der Waals surface area contributed by atoms with Crippen LogP contribution in [-0.4, -0.2) is 35.6 Å². The van der Waals surface area contributed by atoms with E-state index < -0.39 is 0 Å². The van der Waals surface area contributed by atoms with Crippen LogP contribution in [0.5, 0.6) is 0 Å². The van der Waals surface area contributed by atoms with Gasteiger partial charge in [-0.2, -0.15) is 5.26 Å². The molecule has 1 N–H and O–H groups in total. The Hall–Kier alpha value is -1.57. The van der Waals surface area contributed by atoms with Crippen molar-refractivity contribution in [2.24, 2.45) is 0 Å². The highest BCUT2D eigenvalue weighted by atomic mass is 35.5. The fraction of sp³-hybridized carbons (Fsp3) is 0.429. The van der Waals surface area contributed by atoms with Gasteiger partial charge >= 0.3 is 0 Å². The van der Waals surface area contributed by atoms with Crippen LogP contribution in [0.4, 0.5) is 5.82 Å². The van der Waals surface area contributed by atoms with Crippen molar-refractivity contribution in [3.8, 4) is 6.07 Å². The molecule has 100 valence electrons. The lowest BCUT2D eigenvalue weighted by atomic mass is 10.1. The van der Waals surface area contributed by atoms with Gasteiger partial charge in [-0.15, -0.1) is 6.58 Å². The standard InChI is InChI=1S/C14H17ClN4/c1-2-7-19-8-5-11(6-9-19)17-14-4-3-12(15)13(10-16)18-14/h2-4,11H,1,5-9H2,(H,17,18). The molecule has 0 radical (unpaired) electrons. The van der Waals surface area contributed by atoms with Gasteiger partial charge in [-0.05, 0) is 25.0 Å². The Labute approximate surface area is 118 Å². The van der Waals surface area contributed by atoms with E-state index in [9.17, 15) is 0 Å². The summed E-state index contributed by atoms with van der Waals surface area (Å²) < 4.78 is 0. The van der Waals surface area contributed by atoms with Crippen LogP contribution in [0.25, 0.3) is 0 Å². The molecule has 19 heavy (non-hydrogen) atoms. The van der Waals surface area contributed by atoms with Crippen LogP contribution in [-0.2, 0) is 0 Å². The minimum absolute atomic E-state index is 0.274. The summed E-state index contributed by atoms with van der Waals surface area (Å²) in [4.78, 5) is 6.58. The van der Waals surface area contributed by atoms with Crippen molar-refractivity contribution in [2.75, 3.05) is 25.0 Å². The number of nitriles is 1. The van der Waals surface area contributed by atoms with Crippen LogP contribution < -0.4 is 5.32 Å². The minimum Gasteiger partial charge on any atom is -0.367 e. The zero-order valence-corrected chi connectivity index (χ0v) is 11.5. The topological polar surface area (TPSA) is 52.0 Å². The number of hydrogen-bond acceptors (Lipinski definition) is 4. The predicted octanol–water partition coefficient (Wildman–Crippen LogP) is 2.67. The lowest BCUT2D eigenvalue weighted by Gasteiger charge is -2.31. The van der Waals surface area contributed by atoms with Crippen LogP contribution in [0.1, 0.15) is 18.5 Å². The maximum atomic E-state index is 8.90. The summed E-state index contributed by atoms with van der Waals surface area (Å²) in [6, 6.07) is 5.93. The maximum absolute atomic E-state index is 8.90. The van der Waals surface area contributed by atoms with E-state index in [0.717, 1.165) is 38.3 Å². The molecule has 1 aromatic heterocycles. The predicted molar refractivity (Wildman–Crippen MR) is 77.2 cm³/mol. The molecule has 1 fully saturated rings. The number of nitrogens with zero attached hydrogens (tertiary/aromatic N) is 3. The molecule has 2 rings (SSSR count). The number of rotatable bonds is 4. The summed E-state index contributed by atoms with van der Waals surface area (Å²) in [6.45, 7) is 6.82. The van der Waals surface area contributed by atoms with Gasteiger partial charge in [-0.25, -0.2) is 4.98 Å². The Balaban J connectivity index is 1.92. The van der Waals surface area contributed by atoms with Gasteiger partial charge in [0.25, 0.3) is 0 Å². The number of anilines is 1. The third-order valence-electron chi connectivity index (χ3n) is 3.28. The Morgan fingerprint density at radius 1 is 1.53 bits per heavy atom. The molecule has 2 heterocycles. The molecule has 5 heteroatoms. The first-order valence-corrected chi connectivity index (χ1v) is 6.77. The SMILES string of the molecule is C=CCN1CCC(Nc2ccc(Cl)c(C#N)n2)CC1. The van der Waals surface area contributed by atoms with Crippen molar-refractivity contribution < 1.29 is 0 Å². The smallest absolute Gasteiger partial charge is 0.161 e. The average Bonchev–Trinajstić information content (AvgIpc) is 2.43. The van der Waals surface area contributed by atoms with Gasteiger partial charge in [0.15, 0.2) is 5.69 Å². The van der Waals surface area contributed by atoms with Gasteiger partial charge in [0, 0.05) is 25.7 Å². The number of hydrogen-bond donors (Lipinski definition) is 1. The monoisotopic (exact) mass is 276 g/mol. The normalized spacial score (nSPS) is 16.8. The second-order valence-electron chi connectivity index (χ2n) is 4.65. The average molecular weight is 277 g/mol. The quantitative estimate of drug-likeness (QED) is 0.859. The first kappa shape index (κ1) is 13.9. The molecule has 0 bridgehead atoms. The van der Waals surface area contributed by atoms with E-state index in [0.29, 0.717) is 11.1 Å². The van der Waals surface area contributed by atoms with Gasteiger partial charge in [0.2, 0.25) is 0 Å². The Kier molecular flexibility index (Phi) is 4.78. The van der Waals surface area contributed by atoms with Crippen LogP contribution in [0, 0.1) is 11.3 Å². The summed E-state index contributed by atoms with van der Waals surface area (Å²) in [5.41, 5.74) is 0.274. The van der Waals surface area contributed by atoms with Crippen LogP contribution >= 0.6 is 11.6 Å². The van der Waals surface area contributed by atoms with Crippen molar-refractivity contribution in [1.82, 2.24) is 9.88 Å². The first-order valence-electron chi connectivity index (χ1n) is 6.39. The highest BCUT2D eigenvalue weighted by molar-refractivity contribution is 6.31. The number of nitrogens with one attached hydrogen (secondary N) is 1. The molecule has 0 saturated carbocycles. The summed E-state index contributed by atoms with van der Waals surface area (Å²) in [5.74, 6) is 0.725. The lowest BCUT2D eigenvalue weighted by Crippen LogP contribution is -2.39. The lowest BCUT2D eigenvalue weighted by molar-refractivity contribution is 0.240. The molecule has 1 aliphatic rings. The first-order chi connectivity index (χ1) is 9.22. The fourth-order valence-corrected chi connectivity index (χ4v) is 2.40. The van der Waals surface area contributed by atoms with Crippen molar-refractivity contribution in [2.45, 2.75) is 18.9 Å². The molecule has 1 aliphatic heterocycles. The molecule has 1 aromatic rings. The van der Waals surface area contributed by atoms with Gasteiger partial charge in [-0.3, -0.25) is 4.90 Å². The van der Waals surface area contributed by atoms with E-state index in [1.165, 1.54) is 0 Å². The molecule has 0 atom stereocenters.